The molecule has 0 amide bonds. The Bertz CT molecular complexity index is 625. The van der Waals surface area contributed by atoms with Gasteiger partial charge in [-0.25, -0.2) is 0 Å². The van der Waals surface area contributed by atoms with E-state index in [4.69, 9.17) is 9.47 Å². The fourth-order valence-corrected chi connectivity index (χ4v) is 4.95. The minimum Gasteiger partial charge on any atom is -0.493 e. The van der Waals surface area contributed by atoms with E-state index in [2.05, 4.69) is 37.9 Å². The maximum atomic E-state index is 12.3. The van der Waals surface area contributed by atoms with Gasteiger partial charge in [-0.15, -0.1) is 0 Å². The third-order valence-electron chi connectivity index (χ3n) is 6.13. The molecule has 1 aromatic carbocycles. The number of benzene rings is 1. The Morgan fingerprint density at radius 2 is 1.87 bits per heavy atom. The lowest BCUT2D eigenvalue weighted by Crippen LogP contribution is -2.56. The number of hydrogen-bond acceptors (Lipinski definition) is 4. The Hall–Kier alpha value is -1.55. The van der Waals surface area contributed by atoms with Crippen molar-refractivity contribution in [1.82, 2.24) is 4.90 Å². The number of methoxy groups -OCH3 is 2. The van der Waals surface area contributed by atoms with Crippen LogP contribution >= 0.6 is 0 Å². The highest BCUT2D eigenvalue weighted by Gasteiger charge is 2.59. The van der Waals surface area contributed by atoms with Gasteiger partial charge < -0.3 is 14.4 Å². The van der Waals surface area contributed by atoms with E-state index in [1.54, 1.807) is 14.2 Å². The molecule has 4 heteroatoms. The van der Waals surface area contributed by atoms with Crippen molar-refractivity contribution in [3.05, 3.63) is 23.8 Å². The lowest BCUT2D eigenvalue weighted by molar-refractivity contribution is -0.128. The summed E-state index contributed by atoms with van der Waals surface area (Å²) in [7, 11) is 5.47. The van der Waals surface area contributed by atoms with Crippen LogP contribution in [0.25, 0.3) is 0 Å². The molecule has 2 unspecified atom stereocenters. The second-order valence-corrected chi connectivity index (χ2v) is 7.59. The van der Waals surface area contributed by atoms with Crippen LogP contribution in [0, 0.1) is 5.41 Å². The van der Waals surface area contributed by atoms with Crippen molar-refractivity contribution in [3.8, 4) is 11.5 Å². The highest BCUT2D eigenvalue weighted by Crippen LogP contribution is 2.58. The van der Waals surface area contributed by atoms with Crippen LogP contribution in [-0.4, -0.2) is 44.5 Å². The molecule has 4 nitrogen and oxygen atoms in total. The zero-order chi connectivity index (χ0) is 16.8. The molecule has 2 atom stereocenters. The first-order valence-electron chi connectivity index (χ1n) is 8.30. The van der Waals surface area contributed by atoms with Crippen molar-refractivity contribution < 1.29 is 14.3 Å². The van der Waals surface area contributed by atoms with Crippen molar-refractivity contribution in [3.63, 3.8) is 0 Å². The number of carbonyl (C=O) groups is 1. The molecular formula is C19H27NO3. The summed E-state index contributed by atoms with van der Waals surface area (Å²) in [6.45, 7) is 5.51. The number of carbonyl (C=O) groups excluding carboxylic acids is 1. The molecule has 1 aliphatic carbocycles. The summed E-state index contributed by atoms with van der Waals surface area (Å²) in [4.78, 5) is 14.6. The summed E-state index contributed by atoms with van der Waals surface area (Å²) in [5, 5.41) is 0. The summed E-state index contributed by atoms with van der Waals surface area (Å²) < 4.78 is 10.9. The fourth-order valence-electron chi connectivity index (χ4n) is 4.95. The van der Waals surface area contributed by atoms with E-state index in [-0.39, 0.29) is 16.9 Å². The van der Waals surface area contributed by atoms with Gasteiger partial charge in [0.1, 0.15) is 5.78 Å². The van der Waals surface area contributed by atoms with E-state index < -0.39 is 0 Å². The van der Waals surface area contributed by atoms with Gasteiger partial charge in [0.25, 0.3) is 0 Å². The predicted molar refractivity (Wildman–Crippen MR) is 90.3 cm³/mol. The van der Waals surface area contributed by atoms with E-state index in [0.29, 0.717) is 18.6 Å². The van der Waals surface area contributed by atoms with E-state index in [0.717, 1.165) is 24.5 Å². The zero-order valence-electron chi connectivity index (χ0n) is 14.8. The number of hydrogen-bond donors (Lipinski definition) is 0. The molecule has 2 aliphatic rings. The van der Waals surface area contributed by atoms with Gasteiger partial charge in [0.05, 0.1) is 14.2 Å². The van der Waals surface area contributed by atoms with Crippen LogP contribution in [0.1, 0.15) is 38.7 Å². The van der Waals surface area contributed by atoms with Crippen LogP contribution in [-0.2, 0) is 10.2 Å². The van der Waals surface area contributed by atoms with Gasteiger partial charge in [-0.3, -0.25) is 4.79 Å². The Labute approximate surface area is 138 Å². The average molecular weight is 317 g/mol. The topological polar surface area (TPSA) is 38.8 Å². The van der Waals surface area contributed by atoms with E-state index in [9.17, 15) is 4.79 Å². The lowest BCUT2D eigenvalue weighted by Gasteiger charge is -2.52. The normalized spacial score (nSPS) is 30.1. The van der Waals surface area contributed by atoms with Gasteiger partial charge in [0, 0.05) is 24.3 Å². The fraction of sp³-hybridized carbons (Fsp3) is 0.632. The maximum absolute atomic E-state index is 12.3. The van der Waals surface area contributed by atoms with Crippen LogP contribution in [0.3, 0.4) is 0 Å². The molecule has 1 saturated heterocycles. The summed E-state index contributed by atoms with van der Waals surface area (Å²) in [6, 6.07) is 6.52. The smallest absolute Gasteiger partial charge is 0.161 e. The molecule has 1 aliphatic heterocycles. The second-order valence-electron chi connectivity index (χ2n) is 7.59. The molecule has 0 aromatic heterocycles. The largest absolute Gasteiger partial charge is 0.493 e. The van der Waals surface area contributed by atoms with Crippen LogP contribution in [0.15, 0.2) is 18.2 Å². The van der Waals surface area contributed by atoms with Gasteiger partial charge in [0.2, 0.25) is 0 Å². The first-order valence-corrected chi connectivity index (χ1v) is 8.30. The molecule has 126 valence electrons. The van der Waals surface area contributed by atoms with Crippen LogP contribution in [0.2, 0.25) is 0 Å². The minimum absolute atomic E-state index is 0.0186. The third-order valence-corrected chi connectivity index (χ3v) is 6.13. The van der Waals surface area contributed by atoms with Crippen LogP contribution in [0.5, 0.6) is 11.5 Å². The minimum atomic E-state index is -0.0721. The molecule has 0 radical (unpaired) electrons. The monoisotopic (exact) mass is 317 g/mol. The Morgan fingerprint density at radius 1 is 1.17 bits per heavy atom. The van der Waals surface area contributed by atoms with Crippen molar-refractivity contribution >= 4 is 5.78 Å². The van der Waals surface area contributed by atoms with Gasteiger partial charge in [-0.05, 0) is 43.1 Å². The second kappa shape index (κ2) is 5.52. The molecule has 1 saturated carbocycles. The number of rotatable bonds is 3. The van der Waals surface area contributed by atoms with Crippen molar-refractivity contribution in [1.29, 1.82) is 0 Å². The molecule has 2 fully saturated rings. The zero-order valence-corrected chi connectivity index (χ0v) is 14.8. The molecule has 0 bridgehead atoms. The number of ketones is 1. The number of nitrogens with zero attached hydrogens (tertiary/aromatic N) is 1. The highest BCUT2D eigenvalue weighted by atomic mass is 16.5. The summed E-state index contributed by atoms with van der Waals surface area (Å²) >= 11 is 0. The van der Waals surface area contributed by atoms with Crippen LogP contribution < -0.4 is 9.47 Å². The van der Waals surface area contributed by atoms with E-state index in [1.807, 2.05) is 6.07 Å². The molecule has 1 heterocycles. The van der Waals surface area contributed by atoms with Crippen molar-refractivity contribution in [2.45, 2.75) is 44.6 Å². The summed E-state index contributed by atoms with van der Waals surface area (Å²) in [5.74, 6) is 1.89. The first kappa shape index (κ1) is 16.3. The standard InChI is InChI=1S/C19H27NO3/c1-18(2)12-14(21)11-17-19(18,8-9-20(17)3)13-6-7-15(22-4)16(10-13)23-5/h6-7,10,17H,8-9,11-12H2,1-5H3. The SMILES string of the molecule is COc1ccc(C23CCN(C)C2CC(=O)CC3(C)C)cc1OC. The third kappa shape index (κ3) is 2.26. The van der Waals surface area contributed by atoms with Gasteiger partial charge in [-0.1, -0.05) is 19.9 Å². The molecular weight excluding hydrogens is 290 g/mol. The molecule has 3 rings (SSSR count). The lowest BCUT2D eigenvalue weighted by atomic mass is 9.52. The van der Waals surface area contributed by atoms with Crippen LogP contribution in [0.4, 0.5) is 0 Å². The Morgan fingerprint density at radius 3 is 2.52 bits per heavy atom. The summed E-state index contributed by atoms with van der Waals surface area (Å²) in [5.41, 5.74) is 1.18. The van der Waals surface area contributed by atoms with Crippen molar-refractivity contribution in [2.24, 2.45) is 5.41 Å². The average Bonchev–Trinajstić information content (AvgIpc) is 2.85. The van der Waals surface area contributed by atoms with Gasteiger partial charge in [-0.2, -0.15) is 0 Å². The number of Topliss-reactive ketones (excluding diaryl/α,β-unsaturated/α-hetero) is 1. The van der Waals surface area contributed by atoms with E-state index >= 15 is 0 Å². The molecule has 23 heavy (non-hydrogen) atoms. The predicted octanol–water partition coefficient (Wildman–Crippen LogP) is 3.03. The number of likely N-dealkylation sites (N-methyl/N-ethyl adjacent to an activating group) is 1. The molecule has 0 N–H and O–H groups in total. The van der Waals surface area contributed by atoms with Crippen molar-refractivity contribution in [2.75, 3.05) is 27.8 Å². The maximum Gasteiger partial charge on any atom is 0.161 e. The Kier molecular flexibility index (Phi) is 3.91. The Balaban J connectivity index is 2.16. The van der Waals surface area contributed by atoms with E-state index in [1.165, 1.54) is 5.56 Å². The number of fused-ring (bicyclic) bond motifs is 1. The molecule has 1 aromatic rings. The number of likely N-dealkylation sites (tertiary alicyclic amines) is 1. The van der Waals surface area contributed by atoms with Gasteiger partial charge >= 0.3 is 0 Å². The molecule has 0 spiro atoms. The summed E-state index contributed by atoms with van der Waals surface area (Å²) in [6.07, 6.45) is 2.36. The highest BCUT2D eigenvalue weighted by molar-refractivity contribution is 5.82. The van der Waals surface area contributed by atoms with Gasteiger partial charge in [0.15, 0.2) is 11.5 Å². The first-order chi connectivity index (χ1) is 10.9. The quantitative estimate of drug-likeness (QED) is 0.859. The number of ether oxygens (including phenoxy) is 2.